The topological polar surface area (TPSA) is 43.3 Å². The smallest absolute Gasteiger partial charge is 0.250 e. The van der Waals surface area contributed by atoms with E-state index >= 15 is 0 Å². The molecule has 0 aliphatic rings. The highest BCUT2D eigenvalue weighted by Crippen LogP contribution is 2.13. The molecule has 1 N–H and O–H groups in total. The van der Waals surface area contributed by atoms with Gasteiger partial charge >= 0.3 is 0 Å². The maximum Gasteiger partial charge on any atom is 0.250 e. The molecular formula is C23H26N2O2. The van der Waals surface area contributed by atoms with Gasteiger partial charge in [-0.05, 0) is 54.7 Å². The van der Waals surface area contributed by atoms with Gasteiger partial charge in [0.05, 0.1) is 6.61 Å². The van der Waals surface area contributed by atoms with Crippen LogP contribution >= 0.6 is 0 Å². The lowest BCUT2D eigenvalue weighted by Crippen LogP contribution is -2.18. The van der Waals surface area contributed by atoms with E-state index in [1.54, 1.807) is 0 Å². The van der Waals surface area contributed by atoms with Crippen LogP contribution in [-0.4, -0.2) is 17.1 Å². The van der Waals surface area contributed by atoms with Crippen LogP contribution in [0.25, 0.3) is 0 Å². The van der Waals surface area contributed by atoms with E-state index in [-0.39, 0.29) is 12.5 Å². The molecule has 0 saturated heterocycles. The van der Waals surface area contributed by atoms with Crippen LogP contribution in [0.2, 0.25) is 0 Å². The van der Waals surface area contributed by atoms with E-state index < -0.39 is 0 Å². The molecule has 0 aliphatic heterocycles. The summed E-state index contributed by atoms with van der Waals surface area (Å²) in [6, 6.07) is 17.8. The SMILES string of the molecule is Cc1cn(CCc2cccc(NC(=O)COCc3ccccc3)c2)cc1C. The number of aromatic nitrogens is 1. The molecule has 27 heavy (non-hydrogen) atoms. The van der Waals surface area contributed by atoms with Crippen LogP contribution in [0.1, 0.15) is 22.3 Å². The molecule has 2 aromatic carbocycles. The molecule has 0 fully saturated rings. The van der Waals surface area contributed by atoms with Gasteiger partial charge in [0.25, 0.3) is 0 Å². The molecule has 1 aromatic heterocycles. The predicted molar refractivity (Wildman–Crippen MR) is 109 cm³/mol. The summed E-state index contributed by atoms with van der Waals surface area (Å²) in [5.74, 6) is -0.139. The van der Waals surface area contributed by atoms with Gasteiger partial charge in [0.2, 0.25) is 5.91 Å². The van der Waals surface area contributed by atoms with E-state index in [0.29, 0.717) is 6.61 Å². The Morgan fingerprint density at radius 2 is 1.67 bits per heavy atom. The van der Waals surface area contributed by atoms with Gasteiger partial charge in [-0.25, -0.2) is 0 Å². The predicted octanol–water partition coefficient (Wildman–Crippen LogP) is 4.50. The molecule has 3 aromatic rings. The molecule has 4 nitrogen and oxygen atoms in total. The van der Waals surface area contributed by atoms with Crippen LogP contribution in [0.5, 0.6) is 0 Å². The summed E-state index contributed by atoms with van der Waals surface area (Å²) >= 11 is 0. The molecule has 0 saturated carbocycles. The van der Waals surface area contributed by atoms with Crippen LogP contribution in [-0.2, 0) is 29.1 Å². The van der Waals surface area contributed by atoms with Gasteiger partial charge in [0.15, 0.2) is 0 Å². The van der Waals surface area contributed by atoms with Crippen molar-refractivity contribution in [3.05, 3.63) is 89.2 Å². The van der Waals surface area contributed by atoms with Crippen molar-refractivity contribution in [3.63, 3.8) is 0 Å². The molecule has 0 radical (unpaired) electrons. The highest BCUT2D eigenvalue weighted by Gasteiger charge is 2.05. The number of rotatable bonds is 8. The van der Waals surface area contributed by atoms with Crippen LogP contribution in [0.15, 0.2) is 67.0 Å². The lowest BCUT2D eigenvalue weighted by molar-refractivity contribution is -0.121. The second-order valence-electron chi connectivity index (χ2n) is 6.84. The third kappa shape index (κ3) is 5.83. The Balaban J connectivity index is 1.47. The molecule has 140 valence electrons. The largest absolute Gasteiger partial charge is 0.367 e. The quantitative estimate of drug-likeness (QED) is 0.641. The summed E-state index contributed by atoms with van der Waals surface area (Å²) in [5.41, 5.74) is 5.68. The van der Waals surface area contributed by atoms with Crippen molar-refractivity contribution in [2.75, 3.05) is 11.9 Å². The van der Waals surface area contributed by atoms with Crippen molar-refractivity contribution in [2.24, 2.45) is 0 Å². The normalized spacial score (nSPS) is 10.7. The van der Waals surface area contributed by atoms with Crippen molar-refractivity contribution >= 4 is 11.6 Å². The number of hydrogen-bond acceptors (Lipinski definition) is 2. The number of carbonyl (C=O) groups is 1. The fourth-order valence-electron chi connectivity index (χ4n) is 2.96. The molecule has 1 heterocycles. The first kappa shape index (κ1) is 18.9. The molecule has 4 heteroatoms. The molecule has 1 amide bonds. The Morgan fingerprint density at radius 3 is 2.41 bits per heavy atom. The third-order valence-electron chi connectivity index (χ3n) is 4.56. The molecule has 0 aliphatic carbocycles. The maximum atomic E-state index is 12.1. The number of ether oxygens (including phenoxy) is 1. The van der Waals surface area contributed by atoms with Crippen LogP contribution in [0.3, 0.4) is 0 Å². The number of hydrogen-bond donors (Lipinski definition) is 1. The number of aryl methyl sites for hydroxylation is 4. The zero-order chi connectivity index (χ0) is 19.1. The molecule has 3 rings (SSSR count). The van der Waals surface area contributed by atoms with Gasteiger partial charge in [0.1, 0.15) is 6.61 Å². The summed E-state index contributed by atoms with van der Waals surface area (Å²) in [5, 5.41) is 2.91. The minimum atomic E-state index is -0.139. The Hall–Kier alpha value is -2.85. The molecule has 0 spiro atoms. The number of nitrogens with one attached hydrogen (secondary N) is 1. The van der Waals surface area contributed by atoms with Crippen molar-refractivity contribution in [1.29, 1.82) is 0 Å². The zero-order valence-corrected chi connectivity index (χ0v) is 15.9. The van der Waals surface area contributed by atoms with E-state index in [9.17, 15) is 4.79 Å². The second-order valence-corrected chi connectivity index (χ2v) is 6.84. The Morgan fingerprint density at radius 1 is 0.963 bits per heavy atom. The van der Waals surface area contributed by atoms with Gasteiger partial charge in [-0.3, -0.25) is 4.79 Å². The third-order valence-corrected chi connectivity index (χ3v) is 4.56. The van der Waals surface area contributed by atoms with Crippen LogP contribution in [0.4, 0.5) is 5.69 Å². The highest BCUT2D eigenvalue weighted by atomic mass is 16.5. The summed E-state index contributed by atoms with van der Waals surface area (Å²) in [6.45, 7) is 5.65. The summed E-state index contributed by atoms with van der Waals surface area (Å²) in [7, 11) is 0. The summed E-state index contributed by atoms with van der Waals surface area (Å²) in [4.78, 5) is 12.1. The minimum Gasteiger partial charge on any atom is -0.367 e. The van der Waals surface area contributed by atoms with E-state index in [1.165, 1.54) is 16.7 Å². The zero-order valence-electron chi connectivity index (χ0n) is 15.9. The van der Waals surface area contributed by atoms with Gasteiger partial charge in [-0.2, -0.15) is 0 Å². The summed E-state index contributed by atoms with van der Waals surface area (Å²) < 4.78 is 7.70. The van der Waals surface area contributed by atoms with Crippen molar-refractivity contribution < 1.29 is 9.53 Å². The van der Waals surface area contributed by atoms with E-state index in [2.05, 4.69) is 42.2 Å². The highest BCUT2D eigenvalue weighted by molar-refractivity contribution is 5.91. The first-order valence-electron chi connectivity index (χ1n) is 9.23. The fourth-order valence-corrected chi connectivity index (χ4v) is 2.96. The summed E-state index contributed by atoms with van der Waals surface area (Å²) in [6.07, 6.45) is 5.26. The standard InChI is InChI=1S/C23H26N2O2/c1-18-14-25(15-19(18)2)12-11-20-9-6-10-22(13-20)24-23(26)17-27-16-21-7-4-3-5-8-21/h3-10,13-15H,11-12,16-17H2,1-2H3,(H,24,26). The van der Waals surface area contributed by atoms with E-state index in [4.69, 9.17) is 4.74 Å². The van der Waals surface area contributed by atoms with Gasteiger partial charge in [0, 0.05) is 24.6 Å². The number of amides is 1. The average molecular weight is 362 g/mol. The first-order chi connectivity index (χ1) is 13.1. The van der Waals surface area contributed by atoms with Crippen LogP contribution < -0.4 is 5.32 Å². The van der Waals surface area contributed by atoms with Gasteiger partial charge in [-0.15, -0.1) is 0 Å². The van der Waals surface area contributed by atoms with E-state index in [0.717, 1.165) is 24.2 Å². The van der Waals surface area contributed by atoms with Crippen molar-refractivity contribution in [2.45, 2.75) is 33.4 Å². The Bertz CT molecular complexity index is 865. The number of benzene rings is 2. The second kappa shape index (κ2) is 9.19. The number of anilines is 1. The van der Waals surface area contributed by atoms with Crippen molar-refractivity contribution in [3.8, 4) is 0 Å². The lowest BCUT2D eigenvalue weighted by Gasteiger charge is -2.09. The number of nitrogens with zero attached hydrogens (tertiary/aromatic N) is 1. The van der Waals surface area contributed by atoms with E-state index in [1.807, 2.05) is 48.5 Å². The Kier molecular flexibility index (Phi) is 6.44. The Labute approximate surface area is 160 Å². The average Bonchev–Trinajstić information content (AvgIpc) is 2.99. The maximum absolute atomic E-state index is 12.1. The van der Waals surface area contributed by atoms with Crippen molar-refractivity contribution in [1.82, 2.24) is 4.57 Å². The van der Waals surface area contributed by atoms with Gasteiger partial charge in [-0.1, -0.05) is 42.5 Å². The van der Waals surface area contributed by atoms with Gasteiger partial charge < -0.3 is 14.6 Å². The lowest BCUT2D eigenvalue weighted by atomic mass is 10.1. The van der Waals surface area contributed by atoms with Crippen LogP contribution in [0, 0.1) is 13.8 Å². The fraction of sp³-hybridized carbons (Fsp3) is 0.261. The molecular weight excluding hydrogens is 336 g/mol. The number of carbonyl (C=O) groups excluding carboxylic acids is 1. The minimum absolute atomic E-state index is 0.0427. The molecule has 0 bridgehead atoms. The molecule has 0 atom stereocenters. The molecule has 0 unspecified atom stereocenters. The first-order valence-corrected chi connectivity index (χ1v) is 9.23. The monoisotopic (exact) mass is 362 g/mol.